The van der Waals surface area contributed by atoms with E-state index in [1.54, 1.807) is 6.92 Å². The number of halogens is 1. The molecule has 0 saturated carbocycles. The third-order valence-electron chi connectivity index (χ3n) is 4.14. The van der Waals surface area contributed by atoms with E-state index in [4.69, 9.17) is 0 Å². The van der Waals surface area contributed by atoms with Crippen molar-refractivity contribution >= 4 is 26.0 Å². The number of H-pyrrole nitrogens is 2. The van der Waals surface area contributed by atoms with Crippen LogP contribution in [0.2, 0.25) is 0 Å². The first-order valence-electron chi connectivity index (χ1n) is 7.32. The lowest BCUT2D eigenvalue weighted by Gasteiger charge is -2.34. The van der Waals surface area contributed by atoms with Crippen molar-refractivity contribution in [3.8, 4) is 0 Å². The van der Waals surface area contributed by atoms with Crippen LogP contribution >= 0.6 is 15.9 Å². The predicted octanol–water partition coefficient (Wildman–Crippen LogP) is 1.27. The van der Waals surface area contributed by atoms with Gasteiger partial charge in [0.1, 0.15) is 0 Å². The van der Waals surface area contributed by atoms with E-state index in [2.05, 4.69) is 20.9 Å². The van der Waals surface area contributed by atoms with Crippen molar-refractivity contribution in [2.75, 3.05) is 0 Å². The third kappa shape index (κ3) is 2.87. The van der Waals surface area contributed by atoms with E-state index in [0.717, 1.165) is 15.6 Å². The Morgan fingerprint density at radius 2 is 1.92 bits per heavy atom. The summed E-state index contributed by atoms with van der Waals surface area (Å²) >= 11 is 3.39. The molecule has 0 amide bonds. The molecule has 0 saturated heterocycles. The summed E-state index contributed by atoms with van der Waals surface area (Å²) in [5, 5.41) is 0. The molecular formula is C15H16BrN3O4S. The Hall–Kier alpha value is -1.71. The van der Waals surface area contributed by atoms with E-state index in [0.29, 0.717) is 6.42 Å². The van der Waals surface area contributed by atoms with Gasteiger partial charge in [0.15, 0.2) is 4.90 Å². The molecule has 2 aromatic rings. The Balaban J connectivity index is 2.11. The maximum absolute atomic E-state index is 13.0. The van der Waals surface area contributed by atoms with Crippen molar-refractivity contribution in [2.45, 2.75) is 37.8 Å². The van der Waals surface area contributed by atoms with Gasteiger partial charge < -0.3 is 4.98 Å². The Morgan fingerprint density at radius 1 is 1.21 bits per heavy atom. The van der Waals surface area contributed by atoms with Crippen LogP contribution in [-0.2, 0) is 23.0 Å². The fourth-order valence-electron chi connectivity index (χ4n) is 3.02. The molecule has 9 heteroatoms. The number of aromatic nitrogens is 2. The lowest BCUT2D eigenvalue weighted by Crippen LogP contribution is -2.45. The van der Waals surface area contributed by atoms with Gasteiger partial charge >= 0.3 is 5.69 Å². The van der Waals surface area contributed by atoms with Crippen LogP contribution < -0.4 is 11.2 Å². The highest BCUT2D eigenvalue weighted by Crippen LogP contribution is 2.30. The van der Waals surface area contributed by atoms with Gasteiger partial charge in [0.2, 0.25) is 0 Å². The van der Waals surface area contributed by atoms with Crippen LogP contribution in [0.4, 0.5) is 0 Å². The molecule has 1 aromatic heterocycles. The van der Waals surface area contributed by atoms with Crippen LogP contribution in [-0.4, -0.2) is 28.7 Å². The van der Waals surface area contributed by atoms with Gasteiger partial charge in [-0.2, -0.15) is 4.31 Å². The molecule has 0 radical (unpaired) electrons. The summed E-state index contributed by atoms with van der Waals surface area (Å²) in [6, 6.07) is 5.48. The molecule has 1 aliphatic rings. The summed E-state index contributed by atoms with van der Waals surface area (Å²) in [7, 11) is -4.04. The average Bonchev–Trinajstić information content (AvgIpc) is 2.45. The van der Waals surface area contributed by atoms with E-state index in [1.807, 2.05) is 23.2 Å². The van der Waals surface area contributed by atoms with Gasteiger partial charge in [0, 0.05) is 22.8 Å². The maximum Gasteiger partial charge on any atom is 0.325 e. The average molecular weight is 414 g/mol. The van der Waals surface area contributed by atoms with Gasteiger partial charge in [-0.05, 0) is 43.5 Å². The van der Waals surface area contributed by atoms with Gasteiger partial charge in [0.25, 0.3) is 15.6 Å². The summed E-state index contributed by atoms with van der Waals surface area (Å²) in [5.74, 6) is 0. The molecule has 2 N–H and O–H groups in total. The molecule has 1 unspecified atom stereocenters. The van der Waals surface area contributed by atoms with Crippen LogP contribution in [0.1, 0.15) is 23.7 Å². The number of rotatable bonds is 2. The minimum absolute atomic E-state index is 0.0380. The van der Waals surface area contributed by atoms with Crippen LogP contribution in [0.15, 0.2) is 37.2 Å². The SMILES string of the molecule is Cc1[nH]c(=O)[nH]c(=O)c1S(=O)(=O)N1Cc2cc(Br)ccc2CC1C. The van der Waals surface area contributed by atoms with Crippen molar-refractivity contribution in [3.63, 3.8) is 0 Å². The Morgan fingerprint density at radius 3 is 2.58 bits per heavy atom. The topological polar surface area (TPSA) is 103 Å². The van der Waals surface area contributed by atoms with E-state index in [-0.39, 0.29) is 18.3 Å². The van der Waals surface area contributed by atoms with E-state index in [9.17, 15) is 18.0 Å². The predicted molar refractivity (Wildman–Crippen MR) is 92.5 cm³/mol. The van der Waals surface area contributed by atoms with Crippen molar-refractivity contribution in [2.24, 2.45) is 0 Å². The largest absolute Gasteiger partial charge is 0.325 e. The van der Waals surface area contributed by atoms with Gasteiger partial charge in [-0.15, -0.1) is 0 Å². The lowest BCUT2D eigenvalue weighted by molar-refractivity contribution is 0.308. The zero-order chi connectivity index (χ0) is 17.6. The van der Waals surface area contributed by atoms with Gasteiger partial charge in [-0.3, -0.25) is 9.78 Å². The first-order valence-corrected chi connectivity index (χ1v) is 9.56. The second kappa shape index (κ2) is 5.98. The summed E-state index contributed by atoms with van der Waals surface area (Å²) in [6.45, 7) is 3.39. The number of hydrogen-bond acceptors (Lipinski definition) is 4. The van der Waals surface area contributed by atoms with Gasteiger partial charge in [-0.25, -0.2) is 13.2 Å². The smallest absolute Gasteiger partial charge is 0.310 e. The van der Waals surface area contributed by atoms with E-state index in [1.165, 1.54) is 11.2 Å². The van der Waals surface area contributed by atoms with Crippen LogP contribution in [0.25, 0.3) is 0 Å². The monoisotopic (exact) mass is 413 g/mol. The summed E-state index contributed by atoms with van der Waals surface area (Å²) in [4.78, 5) is 27.3. The maximum atomic E-state index is 13.0. The van der Waals surface area contributed by atoms with Crippen molar-refractivity contribution in [1.82, 2.24) is 14.3 Å². The van der Waals surface area contributed by atoms with Crippen molar-refractivity contribution in [3.05, 3.63) is 60.3 Å². The molecule has 0 bridgehead atoms. The van der Waals surface area contributed by atoms with Crippen LogP contribution in [0.3, 0.4) is 0 Å². The Labute approximate surface area is 146 Å². The Bertz CT molecular complexity index is 1030. The first kappa shape index (κ1) is 17.1. The van der Waals surface area contributed by atoms with Gasteiger partial charge in [0.05, 0.1) is 0 Å². The number of benzene rings is 1. The normalized spacial score (nSPS) is 18.4. The molecule has 1 aliphatic heterocycles. The second-order valence-electron chi connectivity index (χ2n) is 5.88. The fraction of sp³-hybridized carbons (Fsp3) is 0.333. The number of fused-ring (bicyclic) bond motifs is 1. The number of aryl methyl sites for hydroxylation is 1. The number of aromatic amines is 2. The molecule has 24 heavy (non-hydrogen) atoms. The molecule has 1 atom stereocenters. The fourth-order valence-corrected chi connectivity index (χ4v) is 5.25. The lowest BCUT2D eigenvalue weighted by atomic mass is 9.97. The number of nitrogens with zero attached hydrogens (tertiary/aromatic N) is 1. The molecule has 2 heterocycles. The zero-order valence-corrected chi connectivity index (χ0v) is 15.5. The number of sulfonamides is 1. The van der Waals surface area contributed by atoms with Gasteiger partial charge in [-0.1, -0.05) is 22.0 Å². The molecule has 3 rings (SSSR count). The first-order chi connectivity index (χ1) is 11.2. The third-order valence-corrected chi connectivity index (χ3v) is 6.75. The van der Waals surface area contributed by atoms with Crippen LogP contribution in [0, 0.1) is 6.92 Å². The zero-order valence-electron chi connectivity index (χ0n) is 13.1. The number of hydrogen-bond donors (Lipinski definition) is 2. The second-order valence-corrected chi connectivity index (χ2v) is 8.62. The molecule has 128 valence electrons. The standard InChI is InChI=1S/C15H16BrN3O4S/c1-8-5-10-3-4-12(16)6-11(10)7-19(8)24(22,23)13-9(2)17-15(21)18-14(13)20/h3-4,6,8H,5,7H2,1-2H3,(H2,17,18,20,21). The Kier molecular flexibility index (Phi) is 4.27. The highest BCUT2D eigenvalue weighted by molar-refractivity contribution is 9.10. The van der Waals surface area contributed by atoms with Crippen molar-refractivity contribution < 1.29 is 8.42 Å². The van der Waals surface area contributed by atoms with E-state index < -0.39 is 26.2 Å². The minimum atomic E-state index is -4.04. The molecular weight excluding hydrogens is 398 g/mol. The summed E-state index contributed by atoms with van der Waals surface area (Å²) in [6.07, 6.45) is 0.558. The summed E-state index contributed by atoms with van der Waals surface area (Å²) < 4.78 is 28.2. The molecule has 0 spiro atoms. The van der Waals surface area contributed by atoms with Crippen molar-refractivity contribution in [1.29, 1.82) is 0 Å². The van der Waals surface area contributed by atoms with E-state index >= 15 is 0 Å². The molecule has 0 fully saturated rings. The minimum Gasteiger partial charge on any atom is -0.310 e. The highest BCUT2D eigenvalue weighted by atomic mass is 79.9. The summed E-state index contributed by atoms with van der Waals surface area (Å²) in [5.41, 5.74) is 0.394. The number of nitrogens with one attached hydrogen (secondary N) is 2. The molecule has 1 aromatic carbocycles. The molecule has 0 aliphatic carbocycles. The molecule has 7 nitrogen and oxygen atoms in total. The van der Waals surface area contributed by atoms with Crippen LogP contribution in [0.5, 0.6) is 0 Å². The quantitative estimate of drug-likeness (QED) is 0.773. The highest BCUT2D eigenvalue weighted by Gasteiger charge is 2.36.